The number of carbonyl (C=O) groups excluding carboxylic acids is 1. The Hall–Kier alpha value is -2.37. The molecule has 3 rings (SSSR count). The lowest BCUT2D eigenvalue weighted by molar-refractivity contribution is -0.116. The number of fused-ring (bicyclic) bond motifs is 1. The van der Waals surface area contributed by atoms with Crippen molar-refractivity contribution in [3.8, 4) is 17.1 Å². The normalized spacial score (nSPS) is 14.4. The van der Waals surface area contributed by atoms with Crippen LogP contribution in [0.2, 0.25) is 0 Å². The average Bonchev–Trinajstić information content (AvgIpc) is 2.69. The van der Waals surface area contributed by atoms with Crippen LogP contribution in [0.15, 0.2) is 22.7 Å². The molecule has 0 saturated heterocycles. The molecule has 18 heavy (non-hydrogen) atoms. The van der Waals surface area contributed by atoms with Gasteiger partial charge in [0.05, 0.1) is 18.7 Å². The van der Waals surface area contributed by atoms with Gasteiger partial charge in [0.25, 0.3) is 0 Å². The third kappa shape index (κ3) is 1.92. The summed E-state index contributed by atoms with van der Waals surface area (Å²) < 4.78 is 10.4. The molecule has 2 heterocycles. The third-order valence-corrected chi connectivity index (χ3v) is 2.63. The van der Waals surface area contributed by atoms with Gasteiger partial charge in [-0.1, -0.05) is 5.16 Å². The van der Waals surface area contributed by atoms with Crippen molar-refractivity contribution >= 4 is 11.6 Å². The molecule has 1 aliphatic rings. The first kappa shape index (κ1) is 10.8. The van der Waals surface area contributed by atoms with Crippen LogP contribution in [0, 0.1) is 6.92 Å². The van der Waals surface area contributed by atoms with Gasteiger partial charge in [-0.05, 0) is 18.2 Å². The molecule has 0 fully saturated rings. The van der Waals surface area contributed by atoms with Crippen molar-refractivity contribution in [2.45, 2.75) is 13.3 Å². The summed E-state index contributed by atoms with van der Waals surface area (Å²) in [6.45, 7) is 2.12. The van der Waals surface area contributed by atoms with Crippen molar-refractivity contribution in [3.63, 3.8) is 0 Å². The number of hydrogen-bond acceptors (Lipinski definition) is 5. The van der Waals surface area contributed by atoms with Crippen LogP contribution in [0.4, 0.5) is 5.69 Å². The minimum atomic E-state index is -0.0600. The Labute approximate surface area is 103 Å². The Morgan fingerprint density at radius 3 is 3.06 bits per heavy atom. The number of rotatable bonds is 1. The Balaban J connectivity index is 2.02. The van der Waals surface area contributed by atoms with Crippen LogP contribution >= 0.6 is 0 Å². The van der Waals surface area contributed by atoms with Crippen molar-refractivity contribution < 1.29 is 14.1 Å². The zero-order valence-corrected chi connectivity index (χ0v) is 9.77. The summed E-state index contributed by atoms with van der Waals surface area (Å²) in [5.41, 5.74) is 1.41. The zero-order valence-electron chi connectivity index (χ0n) is 9.77. The largest absolute Gasteiger partial charge is 0.491 e. The molecule has 1 aliphatic heterocycles. The van der Waals surface area contributed by atoms with E-state index >= 15 is 0 Å². The maximum atomic E-state index is 11.5. The summed E-state index contributed by atoms with van der Waals surface area (Å²) in [5.74, 6) is 1.59. The van der Waals surface area contributed by atoms with E-state index in [1.165, 1.54) is 0 Å². The highest BCUT2D eigenvalue weighted by Crippen LogP contribution is 2.31. The number of nitrogens with one attached hydrogen (secondary N) is 1. The first-order valence-corrected chi connectivity index (χ1v) is 5.60. The fourth-order valence-corrected chi connectivity index (χ4v) is 1.78. The number of amides is 1. The summed E-state index contributed by atoms with van der Waals surface area (Å²) in [6.07, 6.45) is 0.353. The van der Waals surface area contributed by atoms with Gasteiger partial charge in [-0.15, -0.1) is 0 Å². The molecule has 92 valence electrons. The molecule has 1 amide bonds. The van der Waals surface area contributed by atoms with Crippen molar-refractivity contribution in [3.05, 3.63) is 24.1 Å². The predicted octanol–water partition coefficient (Wildman–Crippen LogP) is 1.77. The fourth-order valence-electron chi connectivity index (χ4n) is 1.78. The molecule has 1 N–H and O–H groups in total. The second-order valence-electron chi connectivity index (χ2n) is 3.99. The summed E-state index contributed by atoms with van der Waals surface area (Å²) in [6, 6.07) is 5.41. The quantitative estimate of drug-likeness (QED) is 0.828. The number of aryl methyl sites for hydroxylation is 1. The van der Waals surface area contributed by atoms with Gasteiger partial charge in [-0.25, -0.2) is 0 Å². The zero-order chi connectivity index (χ0) is 12.5. The monoisotopic (exact) mass is 245 g/mol. The van der Waals surface area contributed by atoms with Crippen LogP contribution in [0.25, 0.3) is 11.4 Å². The SMILES string of the molecule is Cc1nc(-c2ccc3c(c2)NC(=O)CCO3)no1. The molecule has 0 unspecified atom stereocenters. The lowest BCUT2D eigenvalue weighted by Gasteiger charge is -2.07. The van der Waals surface area contributed by atoms with Gasteiger partial charge in [-0.2, -0.15) is 4.98 Å². The van der Waals surface area contributed by atoms with E-state index < -0.39 is 0 Å². The van der Waals surface area contributed by atoms with E-state index in [1.54, 1.807) is 19.1 Å². The van der Waals surface area contributed by atoms with Gasteiger partial charge in [0.2, 0.25) is 17.6 Å². The van der Waals surface area contributed by atoms with E-state index in [-0.39, 0.29) is 5.91 Å². The third-order valence-electron chi connectivity index (χ3n) is 2.63. The van der Waals surface area contributed by atoms with E-state index in [1.807, 2.05) is 6.07 Å². The van der Waals surface area contributed by atoms with Gasteiger partial charge < -0.3 is 14.6 Å². The van der Waals surface area contributed by atoms with Gasteiger partial charge in [-0.3, -0.25) is 4.79 Å². The maximum absolute atomic E-state index is 11.5. The molecular formula is C12H11N3O3. The van der Waals surface area contributed by atoms with Gasteiger partial charge >= 0.3 is 0 Å². The number of ether oxygens (including phenoxy) is 1. The highest BCUT2D eigenvalue weighted by molar-refractivity contribution is 5.93. The second kappa shape index (κ2) is 4.14. The standard InChI is InChI=1S/C12H11N3O3/c1-7-13-12(15-18-7)8-2-3-10-9(6-8)14-11(16)4-5-17-10/h2-3,6H,4-5H2,1H3,(H,14,16). The number of carbonyl (C=O) groups is 1. The molecule has 0 saturated carbocycles. The summed E-state index contributed by atoms with van der Waals surface area (Å²) in [4.78, 5) is 15.6. The maximum Gasteiger partial charge on any atom is 0.227 e. The molecule has 2 aromatic rings. The number of benzene rings is 1. The predicted molar refractivity (Wildman–Crippen MR) is 63.2 cm³/mol. The number of nitrogens with zero attached hydrogens (tertiary/aromatic N) is 2. The highest BCUT2D eigenvalue weighted by atomic mass is 16.5. The number of hydrogen-bond donors (Lipinski definition) is 1. The first-order chi connectivity index (χ1) is 8.72. The summed E-state index contributed by atoms with van der Waals surface area (Å²) in [7, 11) is 0. The van der Waals surface area contributed by atoms with Gasteiger partial charge in [0.15, 0.2) is 0 Å². The molecular weight excluding hydrogens is 234 g/mol. The van der Waals surface area contributed by atoms with Crippen molar-refractivity contribution in [1.82, 2.24) is 10.1 Å². The van der Waals surface area contributed by atoms with Gasteiger partial charge in [0.1, 0.15) is 5.75 Å². The molecule has 0 spiro atoms. The van der Waals surface area contributed by atoms with Crippen LogP contribution in [0.1, 0.15) is 12.3 Å². The molecule has 1 aromatic heterocycles. The van der Waals surface area contributed by atoms with Crippen LogP contribution in [-0.2, 0) is 4.79 Å². The fraction of sp³-hybridized carbons (Fsp3) is 0.250. The average molecular weight is 245 g/mol. The minimum absolute atomic E-state index is 0.0600. The van der Waals surface area contributed by atoms with Crippen LogP contribution in [-0.4, -0.2) is 22.7 Å². The van der Waals surface area contributed by atoms with E-state index in [4.69, 9.17) is 9.26 Å². The van der Waals surface area contributed by atoms with E-state index in [0.29, 0.717) is 36.2 Å². The van der Waals surface area contributed by atoms with E-state index in [9.17, 15) is 4.79 Å². The summed E-state index contributed by atoms with van der Waals surface area (Å²) >= 11 is 0. The molecule has 1 aromatic carbocycles. The smallest absolute Gasteiger partial charge is 0.227 e. The van der Waals surface area contributed by atoms with Crippen molar-refractivity contribution in [2.75, 3.05) is 11.9 Å². The van der Waals surface area contributed by atoms with E-state index in [2.05, 4.69) is 15.5 Å². The lowest BCUT2D eigenvalue weighted by atomic mass is 10.1. The van der Waals surface area contributed by atoms with Crippen molar-refractivity contribution in [2.24, 2.45) is 0 Å². The Morgan fingerprint density at radius 1 is 1.39 bits per heavy atom. The Bertz CT molecular complexity index is 606. The molecule has 0 bridgehead atoms. The molecule has 0 atom stereocenters. The highest BCUT2D eigenvalue weighted by Gasteiger charge is 2.15. The number of anilines is 1. The first-order valence-electron chi connectivity index (χ1n) is 5.60. The van der Waals surface area contributed by atoms with Crippen molar-refractivity contribution in [1.29, 1.82) is 0 Å². The van der Waals surface area contributed by atoms with Crippen LogP contribution in [0.3, 0.4) is 0 Å². The Morgan fingerprint density at radius 2 is 2.28 bits per heavy atom. The Kier molecular flexibility index (Phi) is 2.47. The van der Waals surface area contributed by atoms with E-state index in [0.717, 1.165) is 5.56 Å². The molecule has 6 nitrogen and oxygen atoms in total. The van der Waals surface area contributed by atoms with Crippen LogP contribution in [0.5, 0.6) is 5.75 Å². The lowest BCUT2D eigenvalue weighted by Crippen LogP contribution is -2.10. The minimum Gasteiger partial charge on any atom is -0.491 e. The molecule has 0 radical (unpaired) electrons. The molecule has 0 aliphatic carbocycles. The second-order valence-corrected chi connectivity index (χ2v) is 3.99. The van der Waals surface area contributed by atoms with Gasteiger partial charge in [0, 0.05) is 12.5 Å². The topological polar surface area (TPSA) is 77.2 Å². The van der Waals surface area contributed by atoms with Crippen LogP contribution < -0.4 is 10.1 Å². The molecule has 6 heteroatoms. The number of aromatic nitrogens is 2. The summed E-state index contributed by atoms with van der Waals surface area (Å²) in [5, 5.41) is 6.63.